The predicted octanol–water partition coefficient (Wildman–Crippen LogP) is -7.25. The van der Waals surface area contributed by atoms with Crippen LogP contribution in [0.5, 0.6) is 0 Å². The van der Waals surface area contributed by atoms with E-state index >= 15 is 0 Å². The summed E-state index contributed by atoms with van der Waals surface area (Å²) in [7, 11) is 0. The molecule has 236 valence electrons. The molecule has 2 aliphatic rings. The Morgan fingerprint density at radius 1 is 0.860 bits per heavy atom. The van der Waals surface area contributed by atoms with E-state index in [1.54, 1.807) is 4.98 Å². The molecule has 21 heteroatoms. The second kappa shape index (κ2) is 11.9. The van der Waals surface area contributed by atoms with Gasteiger partial charge in [0, 0.05) is 0 Å². The van der Waals surface area contributed by atoms with Crippen LogP contribution in [-0.2, 0) is 29.6 Å². The molecule has 0 spiro atoms. The second-order valence-electron chi connectivity index (χ2n) is 9.54. The van der Waals surface area contributed by atoms with Crippen LogP contribution in [0, 0.1) is 0 Å². The second-order valence-corrected chi connectivity index (χ2v) is 9.54. The molecule has 8 atom stereocenters. The SMILES string of the molecule is CC(=O)[C@@]1(O)[C@@](O)(C(C)=O)[C@@H](CO)O[C@@]1(C(C)=O)n1ncc(=O)[nH]c1=O.O=c1cnn([C@@H]2O[C@H](CO)[C@@H](O)[C@H]2O)c(=O)[nH]1. The lowest BCUT2D eigenvalue weighted by molar-refractivity contribution is -0.211. The molecule has 0 bridgehead atoms. The zero-order valence-electron chi connectivity index (χ0n) is 22.6. The van der Waals surface area contributed by atoms with Crippen molar-refractivity contribution in [3.8, 4) is 0 Å². The Bertz CT molecular complexity index is 1650. The molecule has 2 aromatic rings. The Hall–Kier alpha value is -4.09. The smallest absolute Gasteiger partial charge is 0.347 e. The Labute approximate surface area is 237 Å². The van der Waals surface area contributed by atoms with Crippen molar-refractivity contribution >= 4 is 17.3 Å². The van der Waals surface area contributed by atoms with E-state index in [4.69, 9.17) is 14.6 Å². The summed E-state index contributed by atoms with van der Waals surface area (Å²) in [6.07, 6.45) is -5.53. The minimum Gasteiger partial charge on any atom is -0.394 e. The van der Waals surface area contributed by atoms with Crippen molar-refractivity contribution in [1.29, 1.82) is 0 Å². The maximum absolute atomic E-state index is 12.5. The maximum atomic E-state index is 12.5. The van der Waals surface area contributed by atoms with E-state index in [2.05, 4.69) is 10.2 Å². The standard InChI is InChI=1S/C14H17N3O9.C8H11N3O6/c1-6(19)12(24)9(5-18)26-14(8(3)21,13(12,25)7(2)20)17-11(23)16-10(22)4-15-17;12-2-3-5(14)6(15)7(17-3)11-8(16)10-4(13)1-9-11/h4,9,18,24-25H,5H2,1-3H3,(H,16,22,23);1,3,5-7,12,14-15H,2H2,(H,10,13,16)/t9-,12-,13-,14-;3-,5-,6-,7-/m11/s1. The molecule has 2 fully saturated rings. The number of ether oxygens (including phenoxy) is 2. The van der Waals surface area contributed by atoms with Crippen LogP contribution in [0.3, 0.4) is 0 Å². The van der Waals surface area contributed by atoms with E-state index in [0.29, 0.717) is 10.9 Å². The number of hydrogen-bond donors (Lipinski definition) is 8. The minimum atomic E-state index is -3.32. The molecule has 8 N–H and O–H groups in total. The number of nitrogens with one attached hydrogen (secondary N) is 2. The highest BCUT2D eigenvalue weighted by Crippen LogP contribution is 2.50. The fourth-order valence-corrected chi connectivity index (χ4v) is 4.92. The number of nitrogens with zero attached hydrogens (tertiary/aromatic N) is 4. The fraction of sp³-hybridized carbons (Fsp3) is 0.591. The molecule has 4 heterocycles. The van der Waals surface area contributed by atoms with Crippen molar-refractivity contribution in [3.63, 3.8) is 0 Å². The quantitative estimate of drug-likeness (QED) is 0.143. The summed E-state index contributed by atoms with van der Waals surface area (Å²) in [4.78, 5) is 86.2. The van der Waals surface area contributed by atoms with Crippen LogP contribution in [0.2, 0.25) is 0 Å². The van der Waals surface area contributed by atoms with Crippen molar-refractivity contribution in [2.24, 2.45) is 0 Å². The summed E-state index contributed by atoms with van der Waals surface area (Å²) in [6, 6.07) is 0. The van der Waals surface area contributed by atoms with Gasteiger partial charge >= 0.3 is 11.4 Å². The summed E-state index contributed by atoms with van der Waals surface area (Å²) in [5.74, 6) is -3.69. The van der Waals surface area contributed by atoms with Gasteiger partial charge in [-0.15, -0.1) is 0 Å². The first-order valence-electron chi connectivity index (χ1n) is 12.2. The zero-order valence-corrected chi connectivity index (χ0v) is 22.6. The highest BCUT2D eigenvalue weighted by atomic mass is 16.6. The van der Waals surface area contributed by atoms with Crippen molar-refractivity contribution in [3.05, 3.63) is 54.1 Å². The van der Waals surface area contributed by atoms with E-state index in [1.807, 2.05) is 4.98 Å². The predicted molar refractivity (Wildman–Crippen MR) is 133 cm³/mol. The van der Waals surface area contributed by atoms with Crippen LogP contribution in [0.15, 0.2) is 31.6 Å². The largest absolute Gasteiger partial charge is 0.394 e. The van der Waals surface area contributed by atoms with Crippen LogP contribution < -0.4 is 22.5 Å². The van der Waals surface area contributed by atoms with Gasteiger partial charge in [-0.2, -0.15) is 19.6 Å². The third kappa shape index (κ3) is 5.00. The third-order valence-corrected chi connectivity index (χ3v) is 7.02. The first kappa shape index (κ1) is 33.4. The van der Waals surface area contributed by atoms with Crippen LogP contribution in [0.4, 0.5) is 0 Å². The minimum absolute atomic E-state index is 0.154. The molecule has 0 radical (unpaired) electrons. The first-order valence-corrected chi connectivity index (χ1v) is 12.2. The average molecular weight is 616 g/mol. The number of carbonyl (C=O) groups is 3. The van der Waals surface area contributed by atoms with Gasteiger partial charge in [0.2, 0.25) is 5.60 Å². The molecular weight excluding hydrogens is 588 g/mol. The molecule has 43 heavy (non-hydrogen) atoms. The van der Waals surface area contributed by atoms with Gasteiger partial charge in [0.1, 0.15) is 36.8 Å². The molecule has 0 aliphatic carbocycles. The first-order chi connectivity index (χ1) is 19.9. The molecular formula is C22H28N6O15. The van der Waals surface area contributed by atoms with Crippen LogP contribution >= 0.6 is 0 Å². The number of aromatic amines is 2. The Morgan fingerprint density at radius 2 is 1.42 bits per heavy atom. The maximum Gasteiger partial charge on any atom is 0.347 e. The van der Waals surface area contributed by atoms with E-state index in [0.717, 1.165) is 27.0 Å². The van der Waals surface area contributed by atoms with Gasteiger partial charge in [0.25, 0.3) is 16.8 Å². The Balaban J connectivity index is 0.000000257. The molecule has 2 saturated heterocycles. The van der Waals surface area contributed by atoms with Gasteiger partial charge in [-0.3, -0.25) is 33.9 Å². The monoisotopic (exact) mass is 616 g/mol. The highest BCUT2D eigenvalue weighted by molar-refractivity contribution is 6.04. The summed E-state index contributed by atoms with van der Waals surface area (Å²) in [5, 5.41) is 66.4. The summed E-state index contributed by atoms with van der Waals surface area (Å²) in [6.45, 7) is 0.781. The van der Waals surface area contributed by atoms with Crippen LogP contribution in [0.25, 0.3) is 0 Å². The number of aliphatic hydroxyl groups is 6. The zero-order chi connectivity index (χ0) is 32.7. The van der Waals surface area contributed by atoms with E-state index in [-0.39, 0.29) is 4.68 Å². The van der Waals surface area contributed by atoms with Crippen LogP contribution in [0.1, 0.15) is 27.0 Å². The Morgan fingerprint density at radius 3 is 1.84 bits per heavy atom. The lowest BCUT2D eigenvalue weighted by Gasteiger charge is -2.41. The third-order valence-electron chi connectivity index (χ3n) is 7.02. The number of aromatic nitrogens is 6. The fourth-order valence-electron chi connectivity index (χ4n) is 4.92. The van der Waals surface area contributed by atoms with Crippen molar-refractivity contribution < 1.29 is 54.5 Å². The average Bonchev–Trinajstić information content (AvgIpc) is 3.33. The molecule has 0 saturated carbocycles. The normalized spacial score (nSPS) is 33.5. The molecule has 0 aromatic carbocycles. The molecule has 0 amide bonds. The van der Waals surface area contributed by atoms with Crippen molar-refractivity contribution in [2.45, 2.75) is 68.3 Å². The number of rotatable bonds is 7. The van der Waals surface area contributed by atoms with Gasteiger partial charge in [-0.25, -0.2) is 9.59 Å². The van der Waals surface area contributed by atoms with E-state index < -0.39 is 101 Å². The molecule has 21 nitrogen and oxygen atoms in total. The number of carbonyl (C=O) groups excluding carboxylic acids is 3. The summed E-state index contributed by atoms with van der Waals surface area (Å²) in [5.41, 5.74) is -13.2. The molecule has 4 rings (SSSR count). The summed E-state index contributed by atoms with van der Waals surface area (Å²) >= 11 is 0. The van der Waals surface area contributed by atoms with Gasteiger partial charge in [-0.05, 0) is 20.8 Å². The van der Waals surface area contributed by atoms with Gasteiger partial charge < -0.3 is 40.1 Å². The molecule has 2 aliphatic heterocycles. The number of ketones is 3. The lowest BCUT2D eigenvalue weighted by Crippen LogP contribution is -2.74. The van der Waals surface area contributed by atoms with Crippen molar-refractivity contribution in [2.75, 3.05) is 13.2 Å². The topological polar surface area (TPSA) is 327 Å². The van der Waals surface area contributed by atoms with Crippen LogP contribution in [-0.4, -0.2) is 126 Å². The number of hydrogen-bond acceptors (Lipinski definition) is 17. The van der Waals surface area contributed by atoms with Gasteiger partial charge in [-0.1, -0.05) is 0 Å². The molecule has 2 aromatic heterocycles. The number of H-pyrrole nitrogens is 2. The van der Waals surface area contributed by atoms with Gasteiger partial charge in [0.15, 0.2) is 29.2 Å². The van der Waals surface area contributed by atoms with E-state index in [9.17, 15) is 59.1 Å². The number of aliphatic hydroxyl groups excluding tert-OH is 4. The highest BCUT2D eigenvalue weighted by Gasteiger charge is 2.81. The lowest BCUT2D eigenvalue weighted by atomic mass is 9.69. The summed E-state index contributed by atoms with van der Waals surface area (Å²) < 4.78 is 11.2. The van der Waals surface area contributed by atoms with E-state index in [1.165, 1.54) is 0 Å². The van der Waals surface area contributed by atoms with Crippen molar-refractivity contribution in [1.82, 2.24) is 29.5 Å². The molecule has 0 unspecified atom stereocenters. The Kier molecular flexibility index (Phi) is 9.24. The number of Topliss-reactive ketones (excluding diaryl/α,β-unsaturated/α-hetero) is 3. The van der Waals surface area contributed by atoms with Gasteiger partial charge in [0.05, 0.1) is 13.2 Å².